The van der Waals surface area contributed by atoms with E-state index in [0.29, 0.717) is 17.2 Å². The van der Waals surface area contributed by atoms with Crippen LogP contribution < -0.4 is 4.18 Å². The van der Waals surface area contributed by atoms with E-state index >= 15 is 0 Å². The Kier molecular flexibility index (Phi) is 4.00. The Morgan fingerprint density at radius 1 is 0.905 bits per heavy atom. The molecule has 0 saturated carbocycles. The van der Waals surface area contributed by atoms with Crippen LogP contribution in [0.3, 0.4) is 0 Å². The maximum atomic E-state index is 13.2. The SMILES string of the molecule is Cc1ccc(C)c(OS(=O)(=O)c2ccc(F)c(F)c2)c1C. The number of rotatable bonds is 3. The Balaban J connectivity index is 2.47. The van der Waals surface area contributed by atoms with Gasteiger partial charge in [0.25, 0.3) is 0 Å². The molecule has 21 heavy (non-hydrogen) atoms. The normalized spacial score (nSPS) is 11.5. The van der Waals surface area contributed by atoms with E-state index in [1.54, 1.807) is 19.9 Å². The summed E-state index contributed by atoms with van der Waals surface area (Å²) in [6.45, 7) is 5.27. The highest BCUT2D eigenvalue weighted by Crippen LogP contribution is 2.29. The number of hydrogen-bond acceptors (Lipinski definition) is 3. The van der Waals surface area contributed by atoms with Gasteiger partial charge in [-0.3, -0.25) is 0 Å². The Hall–Kier alpha value is -1.95. The smallest absolute Gasteiger partial charge is 0.339 e. The third-order valence-electron chi connectivity index (χ3n) is 3.25. The van der Waals surface area contributed by atoms with Gasteiger partial charge in [-0.1, -0.05) is 12.1 Å². The molecule has 0 radical (unpaired) electrons. The molecule has 2 aromatic carbocycles. The first kappa shape index (κ1) is 15.4. The Morgan fingerprint density at radius 3 is 2.14 bits per heavy atom. The van der Waals surface area contributed by atoms with Gasteiger partial charge in [0.2, 0.25) is 0 Å². The van der Waals surface area contributed by atoms with Crippen LogP contribution in [0.2, 0.25) is 0 Å². The molecule has 6 heteroatoms. The maximum absolute atomic E-state index is 13.2. The molecule has 0 aliphatic carbocycles. The second kappa shape index (κ2) is 5.44. The van der Waals surface area contributed by atoms with Crippen LogP contribution in [0.4, 0.5) is 8.78 Å². The summed E-state index contributed by atoms with van der Waals surface area (Å²) in [7, 11) is -4.22. The molecule has 0 aliphatic rings. The lowest BCUT2D eigenvalue weighted by molar-refractivity contribution is 0.476. The summed E-state index contributed by atoms with van der Waals surface area (Å²) in [5.74, 6) is -2.14. The van der Waals surface area contributed by atoms with Crippen molar-refractivity contribution >= 4 is 10.1 Å². The number of hydrogen-bond donors (Lipinski definition) is 0. The minimum absolute atomic E-state index is 0.208. The molecule has 2 rings (SSSR count). The highest BCUT2D eigenvalue weighted by Gasteiger charge is 2.21. The van der Waals surface area contributed by atoms with Crippen molar-refractivity contribution in [1.29, 1.82) is 0 Å². The molecule has 0 spiro atoms. The van der Waals surface area contributed by atoms with E-state index in [2.05, 4.69) is 0 Å². The second-order valence-electron chi connectivity index (χ2n) is 4.77. The third-order valence-corrected chi connectivity index (χ3v) is 4.46. The van der Waals surface area contributed by atoms with Gasteiger partial charge in [-0.15, -0.1) is 0 Å². The molecule has 0 atom stereocenters. The van der Waals surface area contributed by atoms with Crippen LogP contribution in [-0.4, -0.2) is 8.42 Å². The maximum Gasteiger partial charge on any atom is 0.339 e. The summed E-state index contributed by atoms with van der Waals surface area (Å²) in [4.78, 5) is -0.429. The molecule has 112 valence electrons. The van der Waals surface area contributed by atoms with Gasteiger partial charge in [0, 0.05) is 0 Å². The Morgan fingerprint density at radius 2 is 1.52 bits per heavy atom. The van der Waals surface area contributed by atoms with Crippen molar-refractivity contribution in [3.05, 3.63) is 58.7 Å². The first-order chi connectivity index (χ1) is 9.72. The molecule has 0 bridgehead atoms. The highest BCUT2D eigenvalue weighted by molar-refractivity contribution is 7.87. The Bertz CT molecular complexity index is 799. The average Bonchev–Trinajstić information content (AvgIpc) is 2.42. The largest absolute Gasteiger partial charge is 0.378 e. The van der Waals surface area contributed by atoms with Gasteiger partial charge in [0.15, 0.2) is 11.6 Å². The van der Waals surface area contributed by atoms with E-state index in [1.165, 1.54) is 0 Å². The number of halogens is 2. The predicted molar refractivity (Wildman–Crippen MR) is 74.8 cm³/mol. The molecule has 0 aliphatic heterocycles. The minimum Gasteiger partial charge on any atom is -0.378 e. The molecule has 0 aromatic heterocycles. The zero-order valence-corrected chi connectivity index (χ0v) is 12.6. The van der Waals surface area contributed by atoms with E-state index in [4.69, 9.17) is 4.18 Å². The van der Waals surface area contributed by atoms with Crippen LogP contribution in [0.15, 0.2) is 35.2 Å². The van der Waals surface area contributed by atoms with Gasteiger partial charge in [0.1, 0.15) is 10.6 Å². The van der Waals surface area contributed by atoms with Crippen LogP contribution >= 0.6 is 0 Å². The minimum atomic E-state index is -4.22. The molecule has 0 N–H and O–H groups in total. The molecular weight excluding hydrogens is 298 g/mol. The summed E-state index contributed by atoms with van der Waals surface area (Å²) < 4.78 is 55.5. The monoisotopic (exact) mass is 312 g/mol. The molecular formula is C15H14F2O3S. The summed E-state index contributed by atoms with van der Waals surface area (Å²) in [6, 6.07) is 5.90. The van der Waals surface area contributed by atoms with Gasteiger partial charge in [-0.05, 0) is 55.7 Å². The summed E-state index contributed by atoms with van der Waals surface area (Å²) in [5, 5.41) is 0. The topological polar surface area (TPSA) is 43.4 Å². The van der Waals surface area contributed by atoms with Crippen LogP contribution in [0.1, 0.15) is 16.7 Å². The van der Waals surface area contributed by atoms with Crippen molar-refractivity contribution in [2.75, 3.05) is 0 Å². The molecule has 2 aromatic rings. The lowest BCUT2D eigenvalue weighted by atomic mass is 10.1. The van der Waals surface area contributed by atoms with Gasteiger partial charge in [0.05, 0.1) is 0 Å². The Labute approximate surface area is 122 Å². The number of aryl methyl sites for hydroxylation is 2. The molecule has 3 nitrogen and oxygen atoms in total. The standard InChI is InChI=1S/C15H14F2O3S/c1-9-4-5-10(2)15(11(9)3)20-21(18,19)12-6-7-13(16)14(17)8-12/h4-8H,1-3H3. The molecule has 0 amide bonds. The first-order valence-electron chi connectivity index (χ1n) is 6.18. The summed E-state index contributed by atoms with van der Waals surface area (Å²) in [5.41, 5.74) is 2.20. The molecule has 0 unspecified atom stereocenters. The quantitative estimate of drug-likeness (QED) is 0.812. The van der Waals surface area contributed by atoms with Crippen LogP contribution in [0, 0.1) is 32.4 Å². The van der Waals surface area contributed by atoms with E-state index in [-0.39, 0.29) is 5.75 Å². The van der Waals surface area contributed by atoms with Crippen molar-refractivity contribution in [2.24, 2.45) is 0 Å². The molecule has 0 fully saturated rings. The van der Waals surface area contributed by atoms with E-state index in [9.17, 15) is 17.2 Å². The fraction of sp³-hybridized carbons (Fsp3) is 0.200. The van der Waals surface area contributed by atoms with Crippen LogP contribution in [-0.2, 0) is 10.1 Å². The van der Waals surface area contributed by atoms with E-state index < -0.39 is 26.6 Å². The average molecular weight is 312 g/mol. The zero-order chi connectivity index (χ0) is 15.8. The highest BCUT2D eigenvalue weighted by atomic mass is 32.2. The fourth-order valence-electron chi connectivity index (χ4n) is 1.84. The number of benzene rings is 2. The van der Waals surface area contributed by atoms with Crippen LogP contribution in [0.5, 0.6) is 5.75 Å². The predicted octanol–water partition coefficient (Wildman–Crippen LogP) is 3.66. The zero-order valence-electron chi connectivity index (χ0n) is 11.8. The van der Waals surface area contributed by atoms with Crippen molar-refractivity contribution in [1.82, 2.24) is 0 Å². The summed E-state index contributed by atoms with van der Waals surface area (Å²) >= 11 is 0. The third kappa shape index (κ3) is 3.05. The first-order valence-corrected chi connectivity index (χ1v) is 7.59. The lowest BCUT2D eigenvalue weighted by Gasteiger charge is -2.13. The molecule has 0 heterocycles. The van der Waals surface area contributed by atoms with Crippen molar-refractivity contribution in [3.63, 3.8) is 0 Å². The van der Waals surface area contributed by atoms with Gasteiger partial charge < -0.3 is 4.18 Å². The lowest BCUT2D eigenvalue weighted by Crippen LogP contribution is -2.12. The van der Waals surface area contributed by atoms with E-state index in [0.717, 1.165) is 17.7 Å². The summed E-state index contributed by atoms with van der Waals surface area (Å²) in [6.07, 6.45) is 0. The van der Waals surface area contributed by atoms with Crippen molar-refractivity contribution < 1.29 is 21.4 Å². The second-order valence-corrected chi connectivity index (χ2v) is 6.31. The van der Waals surface area contributed by atoms with Gasteiger partial charge >= 0.3 is 10.1 Å². The fourth-order valence-corrected chi connectivity index (χ4v) is 2.90. The van der Waals surface area contributed by atoms with E-state index in [1.807, 2.05) is 13.0 Å². The van der Waals surface area contributed by atoms with Gasteiger partial charge in [-0.2, -0.15) is 8.42 Å². The van der Waals surface area contributed by atoms with Gasteiger partial charge in [-0.25, -0.2) is 8.78 Å². The van der Waals surface area contributed by atoms with Crippen molar-refractivity contribution in [2.45, 2.75) is 25.7 Å². The molecule has 0 saturated heterocycles. The van der Waals surface area contributed by atoms with Crippen LogP contribution in [0.25, 0.3) is 0 Å². The van der Waals surface area contributed by atoms with Crippen molar-refractivity contribution in [3.8, 4) is 5.75 Å².